The number of carbonyl (C=O) groups is 1. The first-order chi connectivity index (χ1) is 30.9. The van der Waals surface area contributed by atoms with Crippen molar-refractivity contribution in [1.29, 1.82) is 0 Å². The Balaban J connectivity index is 1.35. The van der Waals surface area contributed by atoms with E-state index in [9.17, 15) is 56.8 Å². The predicted octanol–water partition coefficient (Wildman–Crippen LogP) is 8.80. The number of hydrogen-bond donors (Lipinski definition) is 2. The molecule has 2 N–H and O–H groups in total. The van der Waals surface area contributed by atoms with Crippen molar-refractivity contribution in [3.8, 4) is 23.0 Å². The third-order valence-corrected chi connectivity index (χ3v) is 16.0. The van der Waals surface area contributed by atoms with Crippen molar-refractivity contribution in [1.82, 2.24) is 29.9 Å². The summed E-state index contributed by atoms with van der Waals surface area (Å²) in [7, 11) is -8.05. The van der Waals surface area contributed by atoms with E-state index >= 15 is 8.78 Å². The van der Waals surface area contributed by atoms with Gasteiger partial charge in [-0.2, -0.15) is 45.3 Å². The van der Waals surface area contributed by atoms with Crippen LogP contribution in [-0.2, 0) is 56.3 Å². The molecule has 2 fully saturated rings. The lowest BCUT2D eigenvalue weighted by molar-refractivity contribution is -0.142. The topological polar surface area (TPSA) is 158 Å². The number of aromatic nitrogens is 5. The Labute approximate surface area is 393 Å². The summed E-state index contributed by atoms with van der Waals surface area (Å²) in [6.07, 6.45) is -9.54. The van der Waals surface area contributed by atoms with Crippen molar-refractivity contribution in [3.63, 3.8) is 0 Å². The predicted molar refractivity (Wildman–Crippen MR) is 231 cm³/mol. The SMILES string of the molecule is CC(C)(C#Cc1nc([C@H](Cc2cc(F)cc(F)c2)NC(=O)Cn2nc(C(F)(F)F)c3c2C(F)(F)[C@@H]2C[C@H]32)c(-c2ccc(Cl)c3c(NS(C)(=O)=O)nn(CC(F)(F)F)c23)cc1I)S(=O)(=O)C1CC1. The zero-order chi connectivity index (χ0) is 49.1. The molecule has 1 amide bonds. The maximum atomic E-state index is 15.5. The Morgan fingerprint density at radius 2 is 1.64 bits per heavy atom. The number of sulfone groups is 1. The lowest BCUT2D eigenvalue weighted by Gasteiger charge is -2.24. The van der Waals surface area contributed by atoms with Crippen molar-refractivity contribution in [2.45, 2.75) is 92.9 Å². The Morgan fingerprint density at radius 3 is 2.24 bits per heavy atom. The Hall–Kier alpha value is -4.68. The van der Waals surface area contributed by atoms with Crippen molar-refractivity contribution in [2.75, 3.05) is 11.0 Å². The summed E-state index contributed by atoms with van der Waals surface area (Å²) in [5, 5.41) is 8.48. The molecule has 3 aliphatic rings. The normalized spacial score (nSPS) is 18.6. The Kier molecular flexibility index (Phi) is 12.0. The van der Waals surface area contributed by atoms with Crippen LogP contribution in [0.5, 0.6) is 0 Å². The van der Waals surface area contributed by atoms with Gasteiger partial charge in [-0.3, -0.25) is 18.9 Å². The molecule has 26 heteroatoms. The van der Waals surface area contributed by atoms with Crippen LogP contribution in [0.1, 0.15) is 79.0 Å². The van der Waals surface area contributed by atoms with Crippen LogP contribution < -0.4 is 10.0 Å². The van der Waals surface area contributed by atoms with E-state index in [0.717, 1.165) is 12.1 Å². The second-order valence-corrected chi connectivity index (χ2v) is 23.1. The average molecular weight is 1120 g/mol. The van der Waals surface area contributed by atoms with Crippen LogP contribution in [0.4, 0.5) is 49.7 Å². The van der Waals surface area contributed by atoms with E-state index < -0.39 is 131 Å². The number of anilines is 1. The van der Waals surface area contributed by atoms with Crippen LogP contribution in [0.15, 0.2) is 36.4 Å². The van der Waals surface area contributed by atoms with Gasteiger partial charge < -0.3 is 5.32 Å². The third-order valence-electron chi connectivity index (χ3n) is 11.4. The number of nitrogens with one attached hydrogen (secondary N) is 2. The number of benzene rings is 2. The number of halogens is 12. The van der Waals surface area contributed by atoms with E-state index in [1.54, 1.807) is 22.6 Å². The smallest absolute Gasteiger partial charge is 0.346 e. The zero-order valence-corrected chi connectivity index (χ0v) is 39.2. The van der Waals surface area contributed by atoms with Crippen LogP contribution in [0.3, 0.4) is 0 Å². The second kappa shape index (κ2) is 16.5. The maximum absolute atomic E-state index is 15.5. The van der Waals surface area contributed by atoms with Crippen LogP contribution in [0.25, 0.3) is 22.0 Å². The molecule has 3 atom stereocenters. The molecule has 5 aromatic rings. The van der Waals surface area contributed by atoms with Crippen molar-refractivity contribution in [2.24, 2.45) is 5.92 Å². The zero-order valence-electron chi connectivity index (χ0n) is 34.6. The first-order valence-electron chi connectivity index (χ1n) is 19.9. The summed E-state index contributed by atoms with van der Waals surface area (Å²) in [5.74, 6) is -5.11. The fraction of sp³-hybridized carbons (Fsp3) is 0.415. The fourth-order valence-electron chi connectivity index (χ4n) is 8.33. The maximum Gasteiger partial charge on any atom is 0.435 e. The van der Waals surface area contributed by atoms with Gasteiger partial charge in [0.1, 0.15) is 40.9 Å². The van der Waals surface area contributed by atoms with Crippen LogP contribution in [-0.4, -0.2) is 69.7 Å². The highest BCUT2D eigenvalue weighted by atomic mass is 127. The van der Waals surface area contributed by atoms with Gasteiger partial charge in [0.05, 0.1) is 39.2 Å². The molecule has 0 radical (unpaired) electrons. The second-order valence-electron chi connectivity index (χ2n) is 17.0. The first-order valence-corrected chi connectivity index (χ1v) is 24.8. The minimum absolute atomic E-state index is 0.123. The van der Waals surface area contributed by atoms with E-state index in [2.05, 4.69) is 32.3 Å². The molecular weight excluding hydrogens is 1090 g/mol. The van der Waals surface area contributed by atoms with Crippen LogP contribution >= 0.6 is 34.2 Å². The van der Waals surface area contributed by atoms with Gasteiger partial charge in [-0.05, 0) is 104 Å². The summed E-state index contributed by atoms with van der Waals surface area (Å²) in [6, 6.07) is 4.21. The molecule has 12 nitrogen and oxygen atoms in total. The number of carbonyl (C=O) groups excluding carboxylic acids is 1. The summed E-state index contributed by atoms with van der Waals surface area (Å²) >= 11 is 8.26. The number of amides is 1. The van der Waals surface area contributed by atoms with Crippen LogP contribution in [0, 0.1) is 33.0 Å². The Morgan fingerprint density at radius 1 is 0.985 bits per heavy atom. The molecular formula is C41H33ClF10IN7O5S2. The molecule has 3 aromatic heterocycles. The number of hydrogen-bond acceptors (Lipinski definition) is 8. The Bertz CT molecular complexity index is 3180. The van der Waals surface area contributed by atoms with E-state index in [4.69, 9.17) is 11.6 Å². The number of rotatable bonds is 12. The molecule has 2 saturated carbocycles. The highest BCUT2D eigenvalue weighted by Gasteiger charge is 2.68. The standard InChI is InChI=1S/C41H33ClF10IN7O5S2/c1-38(2,67(64,65)21-4-5-21)9-8-28-27(53)15-23(22-6-7-26(42)32-34(22)60(17-39(45,46)47)57-37(32)58-66(3,62)63)33(55-28)29(12-18-10-19(43)13-20(44)11-18)54-30(61)16-59-36-31(35(56-59)41(50,51)52)24-14-25(24)40(36,48)49/h6-7,10-11,13,15,21,24-25,29H,4-5,12,14,16-17H2,1-3H3,(H,54,61)(H,57,58)/t24-,25+,29-/m0/s1. The highest BCUT2D eigenvalue weighted by Crippen LogP contribution is 2.68. The van der Waals surface area contributed by atoms with Gasteiger partial charge in [-0.25, -0.2) is 30.6 Å². The number of fused-ring (bicyclic) bond motifs is 4. The van der Waals surface area contributed by atoms with E-state index in [1.807, 2.05) is 4.72 Å². The minimum Gasteiger partial charge on any atom is -0.346 e. The summed E-state index contributed by atoms with van der Waals surface area (Å²) in [4.78, 5) is 18.8. The molecule has 0 spiro atoms. The molecule has 0 aliphatic heterocycles. The van der Waals surface area contributed by atoms with Crippen molar-refractivity contribution in [3.05, 3.63) is 90.5 Å². The van der Waals surface area contributed by atoms with E-state index in [-0.39, 0.29) is 53.2 Å². The van der Waals surface area contributed by atoms with E-state index in [0.29, 0.717) is 29.8 Å². The van der Waals surface area contributed by atoms with Crippen LogP contribution in [0.2, 0.25) is 5.02 Å². The summed E-state index contributed by atoms with van der Waals surface area (Å²) < 4.78 is 198. The molecule has 8 rings (SSSR count). The molecule has 0 saturated heterocycles. The van der Waals surface area contributed by atoms with E-state index in [1.165, 1.54) is 32.0 Å². The van der Waals surface area contributed by atoms with Gasteiger partial charge in [-0.1, -0.05) is 23.6 Å². The lowest BCUT2D eigenvalue weighted by Crippen LogP contribution is -2.35. The molecule has 358 valence electrons. The summed E-state index contributed by atoms with van der Waals surface area (Å²) in [5.41, 5.74) is -5.03. The molecule has 67 heavy (non-hydrogen) atoms. The highest BCUT2D eigenvalue weighted by molar-refractivity contribution is 14.1. The number of nitrogens with zero attached hydrogens (tertiary/aromatic N) is 5. The first kappa shape index (κ1) is 48.8. The van der Waals surface area contributed by atoms with Gasteiger partial charge in [0, 0.05) is 32.2 Å². The number of alkyl halides is 8. The number of pyridine rings is 1. The monoisotopic (exact) mass is 1120 g/mol. The van der Waals surface area contributed by atoms with Crippen molar-refractivity contribution < 1.29 is 65.5 Å². The largest absolute Gasteiger partial charge is 0.435 e. The molecule has 0 bridgehead atoms. The quantitative estimate of drug-likeness (QED) is 0.0713. The summed E-state index contributed by atoms with van der Waals surface area (Å²) in [6.45, 7) is -0.367. The molecule has 2 aromatic carbocycles. The van der Waals surface area contributed by atoms with Gasteiger partial charge in [0.25, 0.3) is 5.92 Å². The van der Waals surface area contributed by atoms with Crippen molar-refractivity contribution >= 4 is 76.7 Å². The van der Waals surface area contributed by atoms with Gasteiger partial charge in [0.2, 0.25) is 15.9 Å². The lowest BCUT2D eigenvalue weighted by atomic mass is 9.93. The van der Waals surface area contributed by atoms with Gasteiger partial charge >= 0.3 is 12.4 Å². The molecule has 3 heterocycles. The third kappa shape index (κ3) is 9.55. The minimum atomic E-state index is -5.19. The molecule has 0 unspecified atom stereocenters. The fourth-order valence-corrected chi connectivity index (χ4v) is 11.4. The number of sulfonamides is 1. The van der Waals surface area contributed by atoms with Gasteiger partial charge in [0.15, 0.2) is 21.3 Å². The van der Waals surface area contributed by atoms with Gasteiger partial charge in [-0.15, -0.1) is 0 Å². The molecule has 3 aliphatic carbocycles. The average Bonchev–Trinajstić information content (AvgIpc) is 4.10.